The first kappa shape index (κ1) is 13.9. The first-order valence-electron chi connectivity index (χ1n) is 5.36. The molecule has 8 heteroatoms. The third-order valence-electron chi connectivity index (χ3n) is 2.69. The van der Waals surface area contributed by atoms with E-state index in [0.717, 1.165) is 6.20 Å². The van der Waals surface area contributed by atoms with E-state index in [2.05, 4.69) is 0 Å². The molecular formula is C11H11F3N2O2S. The monoisotopic (exact) mass is 292 g/mol. The van der Waals surface area contributed by atoms with Crippen LogP contribution in [0.4, 0.5) is 13.2 Å². The van der Waals surface area contributed by atoms with Crippen LogP contribution in [0.2, 0.25) is 0 Å². The van der Waals surface area contributed by atoms with Gasteiger partial charge in [0.05, 0.1) is 6.42 Å². The molecule has 0 amide bonds. The van der Waals surface area contributed by atoms with Crippen molar-refractivity contribution in [3.63, 3.8) is 0 Å². The van der Waals surface area contributed by atoms with Gasteiger partial charge in [-0.2, -0.15) is 13.2 Å². The zero-order valence-corrected chi connectivity index (χ0v) is 10.5. The quantitative estimate of drug-likeness (QED) is 0.943. The number of nitrogens with zero attached hydrogens (tertiary/aromatic N) is 1. The number of benzene rings is 1. The van der Waals surface area contributed by atoms with Crippen LogP contribution in [-0.2, 0) is 16.6 Å². The van der Waals surface area contributed by atoms with Gasteiger partial charge in [0.25, 0.3) is 0 Å². The zero-order valence-electron chi connectivity index (χ0n) is 9.68. The van der Waals surface area contributed by atoms with Crippen molar-refractivity contribution in [1.29, 1.82) is 0 Å². The Bertz CT molecular complexity index is 704. The molecular weight excluding hydrogens is 281 g/mol. The highest BCUT2D eigenvalue weighted by Gasteiger charge is 2.27. The summed E-state index contributed by atoms with van der Waals surface area (Å²) in [5, 5.41) is 5.38. The summed E-state index contributed by atoms with van der Waals surface area (Å²) in [7, 11) is -3.96. The largest absolute Gasteiger partial charge is 0.390 e. The van der Waals surface area contributed by atoms with Crippen LogP contribution in [0.5, 0.6) is 0 Å². The van der Waals surface area contributed by atoms with E-state index in [9.17, 15) is 21.6 Å². The molecule has 4 nitrogen and oxygen atoms in total. The number of hydrogen-bond acceptors (Lipinski definition) is 2. The van der Waals surface area contributed by atoms with Gasteiger partial charge in [-0.15, -0.1) is 0 Å². The van der Waals surface area contributed by atoms with Crippen LogP contribution >= 0.6 is 0 Å². The molecule has 0 saturated carbocycles. The molecule has 1 aromatic carbocycles. The van der Waals surface area contributed by atoms with Gasteiger partial charge in [-0.3, -0.25) is 0 Å². The molecule has 0 bridgehead atoms. The summed E-state index contributed by atoms with van der Waals surface area (Å²) in [6, 6.07) is 6.30. The van der Waals surface area contributed by atoms with E-state index in [-0.39, 0.29) is 11.4 Å². The number of aryl methyl sites for hydroxylation is 1. The van der Waals surface area contributed by atoms with Crippen molar-refractivity contribution in [2.24, 2.45) is 5.14 Å². The van der Waals surface area contributed by atoms with Crippen molar-refractivity contribution in [2.75, 3.05) is 0 Å². The van der Waals surface area contributed by atoms with Crippen molar-refractivity contribution < 1.29 is 21.6 Å². The van der Waals surface area contributed by atoms with Crippen LogP contribution in [0.25, 0.3) is 10.9 Å². The van der Waals surface area contributed by atoms with Gasteiger partial charge in [0.1, 0.15) is 4.90 Å². The smallest absolute Gasteiger partial charge is 0.346 e. The Kier molecular flexibility index (Phi) is 3.31. The number of sulfonamides is 1. The zero-order chi connectivity index (χ0) is 14.3. The molecule has 0 spiro atoms. The number of fused-ring (bicyclic) bond motifs is 1. The van der Waals surface area contributed by atoms with E-state index in [1.165, 1.54) is 10.6 Å². The van der Waals surface area contributed by atoms with Crippen molar-refractivity contribution >= 4 is 20.9 Å². The van der Waals surface area contributed by atoms with Crippen LogP contribution in [0, 0.1) is 0 Å². The molecule has 0 radical (unpaired) electrons. The number of para-hydroxylation sites is 1. The minimum absolute atomic E-state index is 0.162. The topological polar surface area (TPSA) is 65.1 Å². The van der Waals surface area contributed by atoms with Crippen molar-refractivity contribution in [3.05, 3.63) is 30.5 Å². The molecule has 1 heterocycles. The van der Waals surface area contributed by atoms with Gasteiger partial charge in [0, 0.05) is 23.6 Å². The van der Waals surface area contributed by atoms with Gasteiger partial charge in [0.2, 0.25) is 10.0 Å². The molecule has 0 unspecified atom stereocenters. The standard InChI is InChI=1S/C11H11F3N2O2S/c12-11(13,14)5-6-16-7-10(19(15,17)18)8-3-1-2-4-9(8)16/h1-4,7H,5-6H2,(H2,15,17,18). The van der Waals surface area contributed by atoms with E-state index >= 15 is 0 Å². The summed E-state index contributed by atoms with van der Waals surface area (Å²) < 4.78 is 60.7. The molecule has 0 atom stereocenters. The lowest BCUT2D eigenvalue weighted by Crippen LogP contribution is -2.13. The fourth-order valence-corrected chi connectivity index (χ4v) is 2.63. The molecule has 104 valence electrons. The lowest BCUT2D eigenvalue weighted by molar-refractivity contribution is -0.136. The van der Waals surface area contributed by atoms with Gasteiger partial charge in [-0.25, -0.2) is 13.6 Å². The fraction of sp³-hybridized carbons (Fsp3) is 0.273. The van der Waals surface area contributed by atoms with Gasteiger partial charge in [0.15, 0.2) is 0 Å². The maximum atomic E-state index is 12.2. The first-order chi connectivity index (χ1) is 8.68. The van der Waals surface area contributed by atoms with Crippen LogP contribution in [0.3, 0.4) is 0 Å². The maximum Gasteiger partial charge on any atom is 0.390 e. The van der Waals surface area contributed by atoms with Gasteiger partial charge < -0.3 is 4.57 Å². The lowest BCUT2D eigenvalue weighted by Gasteiger charge is -2.08. The van der Waals surface area contributed by atoms with Crippen molar-refractivity contribution in [2.45, 2.75) is 24.0 Å². The normalized spacial score (nSPS) is 13.1. The van der Waals surface area contributed by atoms with Crippen LogP contribution in [0.1, 0.15) is 6.42 Å². The molecule has 0 saturated heterocycles. The Balaban J connectivity index is 2.51. The highest BCUT2D eigenvalue weighted by Crippen LogP contribution is 2.27. The molecule has 0 aliphatic carbocycles. The summed E-state index contributed by atoms with van der Waals surface area (Å²) >= 11 is 0. The van der Waals surface area contributed by atoms with E-state index in [0.29, 0.717) is 10.9 Å². The van der Waals surface area contributed by atoms with Gasteiger partial charge in [-0.05, 0) is 6.07 Å². The minimum atomic E-state index is -4.30. The molecule has 19 heavy (non-hydrogen) atoms. The van der Waals surface area contributed by atoms with Crippen molar-refractivity contribution in [3.8, 4) is 0 Å². The van der Waals surface area contributed by atoms with Crippen LogP contribution in [0.15, 0.2) is 35.4 Å². The Hall–Kier alpha value is -1.54. The van der Waals surface area contributed by atoms with Crippen molar-refractivity contribution in [1.82, 2.24) is 4.57 Å². The molecule has 0 fully saturated rings. The molecule has 0 aliphatic rings. The van der Waals surface area contributed by atoms with Gasteiger partial charge >= 0.3 is 6.18 Å². The first-order valence-corrected chi connectivity index (χ1v) is 6.90. The van der Waals surface area contributed by atoms with E-state index < -0.39 is 22.6 Å². The van der Waals surface area contributed by atoms with Crippen LogP contribution in [-0.4, -0.2) is 19.2 Å². The Labute approximate surface area is 107 Å². The second-order valence-electron chi connectivity index (χ2n) is 4.11. The number of halogens is 3. The molecule has 0 aliphatic heterocycles. The molecule has 1 aromatic heterocycles. The van der Waals surface area contributed by atoms with E-state index in [4.69, 9.17) is 5.14 Å². The SMILES string of the molecule is NS(=O)(=O)c1cn(CCC(F)(F)F)c2ccccc12. The third kappa shape index (κ3) is 3.07. The lowest BCUT2D eigenvalue weighted by atomic mass is 10.2. The van der Waals surface area contributed by atoms with E-state index in [1.807, 2.05) is 0 Å². The highest BCUT2D eigenvalue weighted by atomic mass is 32.2. The predicted molar refractivity (Wildman–Crippen MR) is 64.0 cm³/mol. The van der Waals surface area contributed by atoms with Gasteiger partial charge in [-0.1, -0.05) is 18.2 Å². The molecule has 2 aromatic rings. The number of alkyl halides is 3. The summed E-state index contributed by atoms with van der Waals surface area (Å²) in [4.78, 5) is -0.162. The number of primary sulfonamides is 1. The summed E-state index contributed by atoms with van der Waals surface area (Å²) in [6.45, 7) is -0.348. The average Bonchev–Trinajstić information content (AvgIpc) is 2.64. The second-order valence-corrected chi connectivity index (χ2v) is 5.64. The minimum Gasteiger partial charge on any atom is -0.346 e. The second kappa shape index (κ2) is 4.53. The molecule has 2 N–H and O–H groups in total. The number of hydrogen-bond donors (Lipinski definition) is 1. The maximum absolute atomic E-state index is 12.2. The van der Waals surface area contributed by atoms with Crippen LogP contribution < -0.4 is 5.14 Å². The Morgan fingerprint density at radius 2 is 1.84 bits per heavy atom. The number of aromatic nitrogens is 1. The fourth-order valence-electron chi connectivity index (χ4n) is 1.87. The Morgan fingerprint density at radius 3 is 2.42 bits per heavy atom. The average molecular weight is 292 g/mol. The summed E-state index contributed by atoms with van der Waals surface area (Å²) in [6.07, 6.45) is -4.19. The Morgan fingerprint density at radius 1 is 1.21 bits per heavy atom. The number of rotatable bonds is 3. The number of nitrogens with two attached hydrogens (primary N) is 1. The molecule has 2 rings (SSSR count). The van der Waals surface area contributed by atoms with E-state index in [1.54, 1.807) is 18.2 Å². The highest BCUT2D eigenvalue weighted by molar-refractivity contribution is 7.89. The summed E-state index contributed by atoms with van der Waals surface area (Å²) in [5.74, 6) is 0. The summed E-state index contributed by atoms with van der Waals surface area (Å²) in [5.41, 5.74) is 0.413. The third-order valence-corrected chi connectivity index (χ3v) is 3.63. The predicted octanol–water partition coefficient (Wildman–Crippen LogP) is 2.24.